The van der Waals surface area contributed by atoms with Gasteiger partial charge < -0.3 is 15.2 Å². The molecule has 20 heavy (non-hydrogen) atoms. The topological polar surface area (TPSA) is 61.6 Å². The van der Waals surface area contributed by atoms with Crippen LogP contribution in [-0.2, 0) is 9.53 Å². The molecule has 0 saturated carbocycles. The lowest BCUT2D eigenvalue weighted by Crippen LogP contribution is -2.25. The maximum absolute atomic E-state index is 11.8. The van der Waals surface area contributed by atoms with Gasteiger partial charge in [0, 0.05) is 0 Å². The van der Waals surface area contributed by atoms with Crippen LogP contribution in [0.2, 0.25) is 0 Å². The zero-order chi connectivity index (χ0) is 14.2. The van der Waals surface area contributed by atoms with Gasteiger partial charge >= 0.3 is 5.97 Å². The van der Waals surface area contributed by atoms with Crippen LogP contribution in [0.1, 0.15) is 11.6 Å². The molecule has 2 aromatic carbocycles. The van der Waals surface area contributed by atoms with Gasteiger partial charge in [0.2, 0.25) is 0 Å². The number of para-hydroxylation sites is 1. The Bertz CT molecular complexity index is 528. The normalized spacial score (nSPS) is 11.7. The summed E-state index contributed by atoms with van der Waals surface area (Å²) < 4.78 is 10.5. The van der Waals surface area contributed by atoms with Gasteiger partial charge in [-0.05, 0) is 17.7 Å². The molecule has 0 aromatic heterocycles. The molecule has 0 bridgehead atoms. The smallest absolute Gasteiger partial charge is 0.327 e. The highest BCUT2D eigenvalue weighted by molar-refractivity contribution is 5.77. The average Bonchev–Trinajstić information content (AvgIpc) is 2.52. The maximum Gasteiger partial charge on any atom is 0.327 e. The van der Waals surface area contributed by atoms with Gasteiger partial charge in [-0.2, -0.15) is 0 Å². The second-order valence-electron chi connectivity index (χ2n) is 4.22. The summed E-state index contributed by atoms with van der Waals surface area (Å²) in [6, 6.07) is 17.7. The van der Waals surface area contributed by atoms with Crippen molar-refractivity contribution in [1.29, 1.82) is 0 Å². The largest absolute Gasteiger partial charge is 0.490 e. The lowest BCUT2D eigenvalue weighted by molar-refractivity contribution is -0.146. The molecule has 2 rings (SSSR count). The fourth-order valence-corrected chi connectivity index (χ4v) is 1.70. The monoisotopic (exact) mass is 271 g/mol. The average molecular weight is 271 g/mol. The van der Waals surface area contributed by atoms with E-state index in [9.17, 15) is 4.79 Å². The van der Waals surface area contributed by atoms with E-state index in [1.165, 1.54) is 0 Å². The van der Waals surface area contributed by atoms with Gasteiger partial charge in [0.1, 0.15) is 25.0 Å². The third-order valence-electron chi connectivity index (χ3n) is 2.75. The highest BCUT2D eigenvalue weighted by Gasteiger charge is 2.16. The first-order chi connectivity index (χ1) is 9.77. The fraction of sp³-hybridized carbons (Fsp3) is 0.188. The molecule has 0 radical (unpaired) electrons. The first-order valence-electron chi connectivity index (χ1n) is 6.42. The highest BCUT2D eigenvalue weighted by Crippen LogP contribution is 2.11. The Balaban J connectivity index is 1.73. The summed E-state index contributed by atoms with van der Waals surface area (Å²) in [6.07, 6.45) is 0. The first kappa shape index (κ1) is 14.1. The molecule has 0 aliphatic heterocycles. The lowest BCUT2D eigenvalue weighted by Gasteiger charge is -2.12. The molecule has 0 aliphatic rings. The van der Waals surface area contributed by atoms with Crippen LogP contribution in [0.3, 0.4) is 0 Å². The molecule has 4 nitrogen and oxygen atoms in total. The van der Waals surface area contributed by atoms with Crippen LogP contribution >= 0.6 is 0 Å². The predicted octanol–water partition coefficient (Wildman–Crippen LogP) is 2.31. The van der Waals surface area contributed by atoms with Crippen LogP contribution in [0.5, 0.6) is 5.75 Å². The number of hydrogen-bond acceptors (Lipinski definition) is 4. The molecule has 2 N–H and O–H groups in total. The van der Waals surface area contributed by atoms with Gasteiger partial charge in [-0.25, -0.2) is 4.79 Å². The molecular formula is C16H17NO3. The van der Waals surface area contributed by atoms with Crippen molar-refractivity contribution in [3.63, 3.8) is 0 Å². The zero-order valence-corrected chi connectivity index (χ0v) is 11.1. The van der Waals surface area contributed by atoms with E-state index in [2.05, 4.69) is 0 Å². The van der Waals surface area contributed by atoms with Crippen LogP contribution < -0.4 is 10.5 Å². The van der Waals surface area contributed by atoms with Crippen molar-refractivity contribution in [2.45, 2.75) is 6.04 Å². The molecule has 0 amide bonds. The summed E-state index contributed by atoms with van der Waals surface area (Å²) in [5.41, 5.74) is 6.55. The molecule has 0 unspecified atom stereocenters. The van der Waals surface area contributed by atoms with Gasteiger partial charge in [-0.3, -0.25) is 0 Å². The Hall–Kier alpha value is -2.33. The number of carbonyl (C=O) groups excluding carboxylic acids is 1. The second-order valence-corrected chi connectivity index (χ2v) is 4.22. The minimum atomic E-state index is -0.757. The number of ether oxygens (including phenoxy) is 2. The van der Waals surface area contributed by atoms with Crippen molar-refractivity contribution in [2.75, 3.05) is 13.2 Å². The summed E-state index contributed by atoms with van der Waals surface area (Å²) in [5.74, 6) is 0.295. The Labute approximate surface area is 118 Å². The predicted molar refractivity (Wildman–Crippen MR) is 76.3 cm³/mol. The highest BCUT2D eigenvalue weighted by atomic mass is 16.6. The molecule has 0 saturated heterocycles. The van der Waals surface area contributed by atoms with Crippen molar-refractivity contribution in [3.05, 3.63) is 66.2 Å². The van der Waals surface area contributed by atoms with E-state index in [4.69, 9.17) is 15.2 Å². The molecule has 104 valence electrons. The zero-order valence-electron chi connectivity index (χ0n) is 11.1. The molecule has 2 aromatic rings. The van der Waals surface area contributed by atoms with Crippen molar-refractivity contribution in [3.8, 4) is 5.75 Å². The molecular weight excluding hydrogens is 254 g/mol. The maximum atomic E-state index is 11.8. The van der Waals surface area contributed by atoms with E-state index in [1.54, 1.807) is 12.1 Å². The Kier molecular flexibility index (Phi) is 5.15. The minimum absolute atomic E-state index is 0.175. The number of nitrogens with two attached hydrogens (primary N) is 1. The number of benzene rings is 2. The number of esters is 1. The molecule has 1 atom stereocenters. The van der Waals surface area contributed by atoms with Gasteiger partial charge in [-0.1, -0.05) is 48.5 Å². The Morgan fingerprint density at radius 1 is 0.950 bits per heavy atom. The summed E-state index contributed by atoms with van der Waals surface area (Å²) in [5, 5.41) is 0. The molecule has 0 fully saturated rings. The molecule has 0 heterocycles. The SMILES string of the molecule is N[C@@H](C(=O)OCCOc1ccccc1)c1ccccc1. The second kappa shape index (κ2) is 7.31. The minimum Gasteiger partial charge on any atom is -0.490 e. The van der Waals surface area contributed by atoms with Crippen LogP contribution in [0, 0.1) is 0 Å². The third-order valence-corrected chi connectivity index (χ3v) is 2.75. The summed E-state index contributed by atoms with van der Waals surface area (Å²) >= 11 is 0. The number of hydrogen-bond donors (Lipinski definition) is 1. The summed E-state index contributed by atoms with van der Waals surface area (Å²) in [6.45, 7) is 0.478. The number of rotatable bonds is 6. The van der Waals surface area contributed by atoms with Crippen molar-refractivity contribution < 1.29 is 14.3 Å². The van der Waals surface area contributed by atoms with E-state index in [0.717, 1.165) is 11.3 Å². The van der Waals surface area contributed by atoms with E-state index in [1.807, 2.05) is 48.5 Å². The van der Waals surface area contributed by atoms with Crippen LogP contribution in [0.25, 0.3) is 0 Å². The van der Waals surface area contributed by atoms with Gasteiger partial charge in [0.05, 0.1) is 0 Å². The van der Waals surface area contributed by atoms with Crippen LogP contribution in [0.15, 0.2) is 60.7 Å². The van der Waals surface area contributed by atoms with E-state index >= 15 is 0 Å². The van der Waals surface area contributed by atoms with Gasteiger partial charge in [0.25, 0.3) is 0 Å². The standard InChI is InChI=1S/C16H17NO3/c17-15(13-7-3-1-4-8-13)16(18)20-12-11-19-14-9-5-2-6-10-14/h1-10,15H,11-12,17H2/t15-/m1/s1. The van der Waals surface area contributed by atoms with Crippen molar-refractivity contribution in [1.82, 2.24) is 0 Å². The summed E-state index contributed by atoms with van der Waals surface area (Å²) in [4.78, 5) is 11.8. The first-order valence-corrected chi connectivity index (χ1v) is 6.42. The molecule has 4 heteroatoms. The third kappa shape index (κ3) is 4.10. The van der Waals surface area contributed by atoms with Crippen molar-refractivity contribution >= 4 is 5.97 Å². The summed E-state index contributed by atoms with van der Waals surface area (Å²) in [7, 11) is 0. The number of carbonyl (C=O) groups is 1. The van der Waals surface area contributed by atoms with E-state index < -0.39 is 12.0 Å². The van der Waals surface area contributed by atoms with E-state index in [-0.39, 0.29) is 6.61 Å². The fourth-order valence-electron chi connectivity index (χ4n) is 1.70. The van der Waals surface area contributed by atoms with Crippen molar-refractivity contribution in [2.24, 2.45) is 5.73 Å². The van der Waals surface area contributed by atoms with Crippen LogP contribution in [-0.4, -0.2) is 19.2 Å². The van der Waals surface area contributed by atoms with E-state index in [0.29, 0.717) is 6.61 Å². The lowest BCUT2D eigenvalue weighted by atomic mass is 10.1. The Morgan fingerprint density at radius 3 is 2.20 bits per heavy atom. The Morgan fingerprint density at radius 2 is 1.55 bits per heavy atom. The molecule has 0 aliphatic carbocycles. The quantitative estimate of drug-likeness (QED) is 0.647. The van der Waals surface area contributed by atoms with Gasteiger partial charge in [0.15, 0.2) is 0 Å². The molecule has 0 spiro atoms. The van der Waals surface area contributed by atoms with Gasteiger partial charge in [-0.15, -0.1) is 0 Å². The van der Waals surface area contributed by atoms with Crippen LogP contribution in [0.4, 0.5) is 0 Å².